The SMILES string of the molecule is Cc1ccc(N2CC(C(=O)NC(C)C(C)C)CC2=O)cc1. The maximum Gasteiger partial charge on any atom is 0.227 e. The molecule has 0 aromatic heterocycles. The van der Waals surface area contributed by atoms with Gasteiger partial charge in [-0.1, -0.05) is 31.5 Å². The lowest BCUT2D eigenvalue weighted by Crippen LogP contribution is -2.40. The van der Waals surface area contributed by atoms with Crippen molar-refractivity contribution in [1.29, 1.82) is 0 Å². The first kappa shape index (κ1) is 15.5. The molecular weight excluding hydrogens is 264 g/mol. The first-order chi connectivity index (χ1) is 9.88. The summed E-state index contributed by atoms with van der Waals surface area (Å²) in [5.74, 6) is 0.148. The van der Waals surface area contributed by atoms with Gasteiger partial charge in [-0.25, -0.2) is 0 Å². The summed E-state index contributed by atoms with van der Waals surface area (Å²) >= 11 is 0. The molecule has 2 atom stereocenters. The van der Waals surface area contributed by atoms with Crippen LogP contribution < -0.4 is 10.2 Å². The maximum atomic E-state index is 12.2. The van der Waals surface area contributed by atoms with E-state index < -0.39 is 0 Å². The number of nitrogens with zero attached hydrogens (tertiary/aromatic N) is 1. The molecule has 0 radical (unpaired) electrons. The Kier molecular flexibility index (Phi) is 4.66. The molecule has 1 heterocycles. The van der Waals surface area contributed by atoms with Crippen LogP contribution in [0, 0.1) is 18.8 Å². The van der Waals surface area contributed by atoms with E-state index in [1.54, 1.807) is 4.90 Å². The van der Waals surface area contributed by atoms with Gasteiger partial charge in [0.15, 0.2) is 0 Å². The second kappa shape index (κ2) is 6.29. The van der Waals surface area contributed by atoms with E-state index in [4.69, 9.17) is 0 Å². The van der Waals surface area contributed by atoms with Crippen LogP contribution in [0.15, 0.2) is 24.3 Å². The second-order valence-electron chi connectivity index (χ2n) is 6.28. The van der Waals surface area contributed by atoms with E-state index in [-0.39, 0.29) is 23.8 Å². The number of carbonyl (C=O) groups excluding carboxylic acids is 2. The molecule has 0 bridgehead atoms. The van der Waals surface area contributed by atoms with Crippen LogP contribution in [-0.2, 0) is 9.59 Å². The topological polar surface area (TPSA) is 49.4 Å². The van der Waals surface area contributed by atoms with Gasteiger partial charge in [-0.2, -0.15) is 0 Å². The molecule has 1 aliphatic heterocycles. The number of benzene rings is 1. The molecule has 0 saturated carbocycles. The first-order valence-corrected chi connectivity index (χ1v) is 7.56. The number of nitrogens with one attached hydrogen (secondary N) is 1. The maximum absolute atomic E-state index is 12.2. The summed E-state index contributed by atoms with van der Waals surface area (Å²) < 4.78 is 0. The van der Waals surface area contributed by atoms with Gasteiger partial charge >= 0.3 is 0 Å². The number of hydrogen-bond donors (Lipinski definition) is 1. The number of aryl methyl sites for hydroxylation is 1. The van der Waals surface area contributed by atoms with Crippen LogP contribution >= 0.6 is 0 Å². The van der Waals surface area contributed by atoms with Gasteiger partial charge in [0.2, 0.25) is 11.8 Å². The Hall–Kier alpha value is -1.84. The van der Waals surface area contributed by atoms with Crippen LogP contribution in [0.2, 0.25) is 0 Å². The summed E-state index contributed by atoms with van der Waals surface area (Å²) in [6, 6.07) is 7.96. The van der Waals surface area contributed by atoms with Crippen LogP contribution in [0.5, 0.6) is 0 Å². The predicted octanol–water partition coefficient (Wildman–Crippen LogP) is 2.51. The highest BCUT2D eigenvalue weighted by Crippen LogP contribution is 2.25. The van der Waals surface area contributed by atoms with Crippen LogP contribution in [0.3, 0.4) is 0 Å². The van der Waals surface area contributed by atoms with Crippen molar-refractivity contribution in [3.8, 4) is 0 Å². The molecule has 2 amide bonds. The lowest BCUT2D eigenvalue weighted by atomic mass is 10.0. The van der Waals surface area contributed by atoms with Crippen molar-refractivity contribution >= 4 is 17.5 Å². The largest absolute Gasteiger partial charge is 0.353 e. The molecule has 1 N–H and O–H groups in total. The van der Waals surface area contributed by atoms with Crippen LogP contribution in [0.4, 0.5) is 5.69 Å². The Morgan fingerprint density at radius 3 is 2.43 bits per heavy atom. The average molecular weight is 288 g/mol. The van der Waals surface area contributed by atoms with Crippen LogP contribution in [0.25, 0.3) is 0 Å². The second-order valence-corrected chi connectivity index (χ2v) is 6.28. The standard InChI is InChI=1S/C17H24N2O2/c1-11(2)13(4)18-17(21)14-9-16(20)19(10-14)15-7-5-12(3)6-8-15/h5-8,11,13-14H,9-10H2,1-4H3,(H,18,21). The minimum atomic E-state index is -0.250. The van der Waals surface area contributed by atoms with E-state index in [0.29, 0.717) is 18.9 Å². The fourth-order valence-corrected chi connectivity index (χ4v) is 2.37. The number of anilines is 1. The molecule has 21 heavy (non-hydrogen) atoms. The van der Waals surface area contributed by atoms with Crippen molar-refractivity contribution in [2.24, 2.45) is 11.8 Å². The molecular formula is C17H24N2O2. The monoisotopic (exact) mass is 288 g/mol. The Morgan fingerprint density at radius 2 is 1.86 bits per heavy atom. The van der Waals surface area contributed by atoms with Gasteiger partial charge in [-0.3, -0.25) is 9.59 Å². The number of amides is 2. The lowest BCUT2D eigenvalue weighted by Gasteiger charge is -2.20. The van der Waals surface area contributed by atoms with Gasteiger partial charge in [0, 0.05) is 24.7 Å². The van der Waals surface area contributed by atoms with E-state index in [0.717, 1.165) is 11.3 Å². The number of hydrogen-bond acceptors (Lipinski definition) is 2. The van der Waals surface area contributed by atoms with E-state index in [1.165, 1.54) is 0 Å². The lowest BCUT2D eigenvalue weighted by molar-refractivity contribution is -0.127. The minimum Gasteiger partial charge on any atom is -0.353 e. The summed E-state index contributed by atoms with van der Waals surface area (Å²) in [4.78, 5) is 26.1. The van der Waals surface area contributed by atoms with Gasteiger partial charge in [0.05, 0.1) is 5.92 Å². The van der Waals surface area contributed by atoms with Gasteiger partial charge < -0.3 is 10.2 Å². The Morgan fingerprint density at radius 1 is 1.24 bits per heavy atom. The molecule has 1 saturated heterocycles. The summed E-state index contributed by atoms with van der Waals surface area (Å²) in [5, 5.41) is 3.01. The van der Waals surface area contributed by atoms with Gasteiger partial charge in [0.1, 0.15) is 0 Å². The highest BCUT2D eigenvalue weighted by molar-refractivity contribution is 6.00. The molecule has 4 nitrogen and oxygen atoms in total. The summed E-state index contributed by atoms with van der Waals surface area (Å²) in [7, 11) is 0. The molecule has 0 aliphatic carbocycles. The van der Waals surface area contributed by atoms with E-state index in [1.807, 2.05) is 38.1 Å². The van der Waals surface area contributed by atoms with E-state index in [9.17, 15) is 9.59 Å². The highest BCUT2D eigenvalue weighted by atomic mass is 16.2. The van der Waals surface area contributed by atoms with Gasteiger partial charge in [0.25, 0.3) is 0 Å². The zero-order valence-corrected chi connectivity index (χ0v) is 13.2. The Balaban J connectivity index is 2.02. The van der Waals surface area contributed by atoms with E-state index in [2.05, 4.69) is 19.2 Å². The molecule has 2 rings (SSSR count). The van der Waals surface area contributed by atoms with Crippen molar-refractivity contribution < 1.29 is 9.59 Å². The van der Waals surface area contributed by atoms with Crippen molar-refractivity contribution in [1.82, 2.24) is 5.32 Å². The third-order valence-electron chi connectivity index (χ3n) is 4.21. The Bertz CT molecular complexity index is 522. The zero-order valence-electron chi connectivity index (χ0n) is 13.2. The Labute approximate surface area is 126 Å². The first-order valence-electron chi connectivity index (χ1n) is 7.56. The molecule has 1 aliphatic rings. The molecule has 0 spiro atoms. The molecule has 4 heteroatoms. The fourth-order valence-electron chi connectivity index (χ4n) is 2.37. The van der Waals surface area contributed by atoms with Crippen LogP contribution in [0.1, 0.15) is 32.8 Å². The van der Waals surface area contributed by atoms with Crippen molar-refractivity contribution in [3.05, 3.63) is 29.8 Å². The predicted molar refractivity (Wildman–Crippen MR) is 84.1 cm³/mol. The molecule has 1 aromatic carbocycles. The number of rotatable bonds is 4. The summed E-state index contributed by atoms with van der Waals surface area (Å²) in [6.07, 6.45) is 0.296. The molecule has 2 unspecified atom stereocenters. The van der Waals surface area contributed by atoms with Crippen molar-refractivity contribution in [3.63, 3.8) is 0 Å². The van der Waals surface area contributed by atoms with Crippen molar-refractivity contribution in [2.75, 3.05) is 11.4 Å². The summed E-state index contributed by atoms with van der Waals surface area (Å²) in [5.41, 5.74) is 2.03. The molecule has 1 fully saturated rings. The average Bonchev–Trinajstić information content (AvgIpc) is 2.81. The molecule has 1 aromatic rings. The number of carbonyl (C=O) groups is 2. The molecule has 114 valence electrons. The minimum absolute atomic E-state index is 0.0147. The quantitative estimate of drug-likeness (QED) is 0.925. The highest BCUT2D eigenvalue weighted by Gasteiger charge is 2.35. The third kappa shape index (κ3) is 3.63. The third-order valence-corrected chi connectivity index (χ3v) is 4.21. The van der Waals surface area contributed by atoms with E-state index >= 15 is 0 Å². The van der Waals surface area contributed by atoms with Gasteiger partial charge in [-0.05, 0) is 31.9 Å². The zero-order chi connectivity index (χ0) is 15.6. The smallest absolute Gasteiger partial charge is 0.227 e. The van der Waals surface area contributed by atoms with Gasteiger partial charge in [-0.15, -0.1) is 0 Å². The normalized spacial score (nSPS) is 20.0. The summed E-state index contributed by atoms with van der Waals surface area (Å²) in [6.45, 7) is 8.63. The van der Waals surface area contributed by atoms with Crippen molar-refractivity contribution in [2.45, 2.75) is 40.2 Å². The fraction of sp³-hybridized carbons (Fsp3) is 0.529. The van der Waals surface area contributed by atoms with Crippen LogP contribution in [-0.4, -0.2) is 24.4 Å².